The lowest BCUT2D eigenvalue weighted by atomic mass is 10.1. The molecule has 28 heavy (non-hydrogen) atoms. The number of amides is 2. The lowest BCUT2D eigenvalue weighted by molar-refractivity contribution is -0.120. The molecule has 3 aliphatic rings. The monoisotopic (exact) mass is 407 g/mol. The number of benzene rings is 1. The largest absolute Gasteiger partial charge is 0.442 e. The van der Waals surface area contributed by atoms with Crippen LogP contribution in [0.5, 0.6) is 0 Å². The number of hydrogen-bond donors (Lipinski definition) is 1. The maximum Gasteiger partial charge on any atom is 0.414 e. The molecule has 2 amide bonds. The Bertz CT molecular complexity index is 971. The summed E-state index contributed by atoms with van der Waals surface area (Å²) in [4.78, 5) is 24.7. The predicted octanol–water partition coefficient (Wildman–Crippen LogP) is 0.939. The Labute approximate surface area is 161 Å². The molecular formula is C18H18FN3O5S. The average Bonchev–Trinajstić information content (AvgIpc) is 2.97. The summed E-state index contributed by atoms with van der Waals surface area (Å²) in [5.74, 6) is -0.794. The number of ether oxygens (including phenoxy) is 1. The molecule has 3 fully saturated rings. The van der Waals surface area contributed by atoms with E-state index in [9.17, 15) is 22.4 Å². The van der Waals surface area contributed by atoms with Crippen LogP contribution in [0.2, 0.25) is 0 Å². The molecule has 0 bridgehead atoms. The van der Waals surface area contributed by atoms with Gasteiger partial charge >= 0.3 is 6.09 Å². The van der Waals surface area contributed by atoms with E-state index in [-0.39, 0.29) is 48.8 Å². The van der Waals surface area contributed by atoms with Gasteiger partial charge in [0.1, 0.15) is 18.3 Å². The summed E-state index contributed by atoms with van der Waals surface area (Å²) in [5, 5.41) is 11.0. The standard InChI is InChI=1S/C18H18FN3O5S/c19-15-5-10(1-2-12(15)17-13-8-28(25,26)9-14(13)17)22-7-11(27-18(22)24)6-21-16(23)3-4-20/h1-2,5,11,13-14,17H,3,6-9H2,(H,21,23)/t11-,13-,14+,17?/m0/s1. The Morgan fingerprint density at radius 3 is 2.71 bits per heavy atom. The van der Waals surface area contributed by atoms with Crippen LogP contribution in [-0.2, 0) is 19.4 Å². The quantitative estimate of drug-likeness (QED) is 0.776. The van der Waals surface area contributed by atoms with Gasteiger partial charge in [0.05, 0.1) is 36.4 Å². The van der Waals surface area contributed by atoms with Gasteiger partial charge in [0, 0.05) is 0 Å². The molecule has 4 atom stereocenters. The number of nitrogens with zero attached hydrogens (tertiary/aromatic N) is 2. The Hall–Kier alpha value is -2.67. The second kappa shape index (κ2) is 6.74. The number of nitrogens with one attached hydrogen (secondary N) is 1. The van der Waals surface area contributed by atoms with Crippen LogP contribution in [-0.4, -0.2) is 51.1 Å². The topological polar surface area (TPSA) is 117 Å². The summed E-state index contributed by atoms with van der Waals surface area (Å²) < 4.78 is 42.9. The fourth-order valence-corrected chi connectivity index (χ4v) is 6.39. The van der Waals surface area contributed by atoms with Gasteiger partial charge in [-0.25, -0.2) is 17.6 Å². The number of rotatable bonds is 5. The van der Waals surface area contributed by atoms with Gasteiger partial charge in [0.15, 0.2) is 9.84 Å². The molecule has 1 unspecified atom stereocenters. The highest BCUT2D eigenvalue weighted by Gasteiger charge is 2.59. The van der Waals surface area contributed by atoms with Crippen LogP contribution in [0, 0.1) is 29.0 Å². The van der Waals surface area contributed by atoms with Crippen LogP contribution in [0.3, 0.4) is 0 Å². The van der Waals surface area contributed by atoms with Gasteiger partial charge in [-0.3, -0.25) is 9.69 Å². The Morgan fingerprint density at radius 1 is 1.36 bits per heavy atom. The van der Waals surface area contributed by atoms with E-state index >= 15 is 0 Å². The maximum absolute atomic E-state index is 14.6. The highest BCUT2D eigenvalue weighted by Crippen LogP contribution is 2.59. The van der Waals surface area contributed by atoms with Crippen molar-refractivity contribution >= 4 is 27.5 Å². The molecule has 0 spiro atoms. The van der Waals surface area contributed by atoms with E-state index < -0.39 is 33.8 Å². The van der Waals surface area contributed by atoms with E-state index in [2.05, 4.69) is 5.32 Å². The van der Waals surface area contributed by atoms with Crippen molar-refractivity contribution in [2.24, 2.45) is 11.8 Å². The van der Waals surface area contributed by atoms with Crippen molar-refractivity contribution in [1.29, 1.82) is 5.26 Å². The normalized spacial score (nSPS) is 29.7. The second-order valence-corrected chi connectivity index (χ2v) is 9.55. The first-order valence-corrected chi connectivity index (χ1v) is 10.7. The van der Waals surface area contributed by atoms with Crippen LogP contribution in [0.1, 0.15) is 17.9 Å². The molecule has 148 valence electrons. The summed E-state index contributed by atoms with van der Waals surface area (Å²) in [7, 11) is -2.99. The van der Waals surface area contributed by atoms with Crippen molar-refractivity contribution in [2.75, 3.05) is 29.5 Å². The van der Waals surface area contributed by atoms with E-state index in [0.29, 0.717) is 11.3 Å². The van der Waals surface area contributed by atoms with Gasteiger partial charge < -0.3 is 10.1 Å². The molecule has 1 aliphatic carbocycles. The number of halogens is 1. The van der Waals surface area contributed by atoms with Crippen LogP contribution >= 0.6 is 0 Å². The number of hydrogen-bond acceptors (Lipinski definition) is 6. The number of sulfone groups is 1. The first-order valence-electron chi connectivity index (χ1n) is 8.91. The summed E-state index contributed by atoms with van der Waals surface area (Å²) in [6.45, 7) is 0.223. The Kier molecular flexibility index (Phi) is 4.50. The number of cyclic esters (lactones) is 1. The molecule has 2 saturated heterocycles. The van der Waals surface area contributed by atoms with E-state index in [1.54, 1.807) is 18.2 Å². The molecule has 2 heterocycles. The van der Waals surface area contributed by atoms with Crippen LogP contribution in [0.25, 0.3) is 0 Å². The summed E-state index contributed by atoms with van der Waals surface area (Å²) in [6, 6.07) is 6.22. The number of fused-ring (bicyclic) bond motifs is 1. The van der Waals surface area contributed by atoms with Crippen LogP contribution in [0.4, 0.5) is 14.9 Å². The Morgan fingerprint density at radius 2 is 2.07 bits per heavy atom. The minimum absolute atomic E-state index is 0.0106. The molecule has 4 rings (SSSR count). The number of carbonyl (C=O) groups is 2. The third-order valence-corrected chi connectivity index (χ3v) is 7.31. The average molecular weight is 407 g/mol. The van der Waals surface area contributed by atoms with Crippen molar-refractivity contribution in [3.05, 3.63) is 29.6 Å². The Balaban J connectivity index is 1.40. The lowest BCUT2D eigenvalue weighted by Gasteiger charge is -2.15. The zero-order valence-corrected chi connectivity index (χ0v) is 15.6. The molecule has 1 saturated carbocycles. The molecule has 0 radical (unpaired) electrons. The molecule has 2 aliphatic heterocycles. The minimum atomic E-state index is -2.99. The van der Waals surface area contributed by atoms with Crippen molar-refractivity contribution in [1.82, 2.24) is 5.32 Å². The van der Waals surface area contributed by atoms with Gasteiger partial charge in [-0.1, -0.05) is 6.07 Å². The van der Waals surface area contributed by atoms with Gasteiger partial charge in [-0.05, 0) is 35.4 Å². The third-order valence-electron chi connectivity index (χ3n) is 5.52. The zero-order chi connectivity index (χ0) is 20.1. The maximum atomic E-state index is 14.6. The fourth-order valence-electron chi connectivity index (χ4n) is 4.17. The summed E-state index contributed by atoms with van der Waals surface area (Å²) >= 11 is 0. The molecule has 10 heteroatoms. The smallest absolute Gasteiger partial charge is 0.414 e. The van der Waals surface area contributed by atoms with E-state index in [4.69, 9.17) is 10.00 Å². The van der Waals surface area contributed by atoms with Crippen LogP contribution in [0.15, 0.2) is 18.2 Å². The fraction of sp³-hybridized carbons (Fsp3) is 0.500. The first-order chi connectivity index (χ1) is 13.3. The number of anilines is 1. The molecule has 1 aromatic carbocycles. The molecule has 1 aromatic rings. The van der Waals surface area contributed by atoms with Crippen molar-refractivity contribution in [2.45, 2.75) is 18.4 Å². The predicted molar refractivity (Wildman–Crippen MR) is 95.6 cm³/mol. The minimum Gasteiger partial charge on any atom is -0.442 e. The van der Waals surface area contributed by atoms with Crippen molar-refractivity contribution in [3.63, 3.8) is 0 Å². The molecule has 0 aromatic heterocycles. The highest BCUT2D eigenvalue weighted by molar-refractivity contribution is 7.91. The van der Waals surface area contributed by atoms with Gasteiger partial charge in [0.25, 0.3) is 0 Å². The lowest BCUT2D eigenvalue weighted by Crippen LogP contribution is -2.34. The molecule has 1 N–H and O–H groups in total. The number of carbonyl (C=O) groups excluding carboxylic acids is 2. The van der Waals surface area contributed by atoms with E-state index in [1.807, 2.05) is 0 Å². The zero-order valence-electron chi connectivity index (χ0n) is 14.8. The molecule has 8 nitrogen and oxygen atoms in total. The third kappa shape index (κ3) is 3.42. The van der Waals surface area contributed by atoms with Crippen molar-refractivity contribution in [3.8, 4) is 6.07 Å². The molecular weight excluding hydrogens is 389 g/mol. The van der Waals surface area contributed by atoms with Gasteiger partial charge in [0.2, 0.25) is 5.91 Å². The van der Waals surface area contributed by atoms with Gasteiger partial charge in [-0.2, -0.15) is 5.26 Å². The highest BCUT2D eigenvalue weighted by atomic mass is 32.2. The first kappa shape index (κ1) is 18.7. The van der Waals surface area contributed by atoms with Crippen molar-refractivity contribution < 1.29 is 27.1 Å². The van der Waals surface area contributed by atoms with E-state index in [0.717, 1.165) is 0 Å². The number of nitriles is 1. The summed E-state index contributed by atoms with van der Waals surface area (Å²) in [6.07, 6.45) is -1.51. The van der Waals surface area contributed by atoms with Gasteiger partial charge in [-0.15, -0.1) is 0 Å². The van der Waals surface area contributed by atoms with E-state index in [1.165, 1.54) is 11.0 Å². The SMILES string of the molecule is N#CCC(=O)NC[C@H]1CN(c2ccc(C3[C@H]4CS(=O)(=O)C[C@@H]34)c(F)c2)C(=O)O1. The van der Waals surface area contributed by atoms with Crippen LogP contribution < -0.4 is 10.2 Å². The summed E-state index contributed by atoms with van der Waals surface area (Å²) in [5.41, 5.74) is 0.831. The second-order valence-electron chi connectivity index (χ2n) is 7.39.